The summed E-state index contributed by atoms with van der Waals surface area (Å²) in [5.74, 6) is 0.0275. The fourth-order valence-corrected chi connectivity index (χ4v) is 3.15. The van der Waals surface area contributed by atoms with Gasteiger partial charge in [0.15, 0.2) is 0 Å². The van der Waals surface area contributed by atoms with Crippen molar-refractivity contribution in [3.63, 3.8) is 0 Å². The van der Waals surface area contributed by atoms with Gasteiger partial charge >= 0.3 is 0 Å². The first kappa shape index (κ1) is 14.2. The standard InChI is InChI=1S/C11H11ClN2O3S2/c1-8-9(18-7-14-8)4-6-17-11-10(19(12,15)16)3-2-5-13-11/h2-3,5,7H,4,6H2,1H3. The van der Waals surface area contributed by atoms with Crippen molar-refractivity contribution in [3.05, 3.63) is 34.4 Å². The molecule has 0 amide bonds. The molecule has 0 saturated heterocycles. The van der Waals surface area contributed by atoms with Crippen LogP contribution in [0.15, 0.2) is 28.7 Å². The summed E-state index contributed by atoms with van der Waals surface area (Å²) < 4.78 is 28.1. The Morgan fingerprint density at radius 2 is 2.21 bits per heavy atom. The highest BCUT2D eigenvalue weighted by Gasteiger charge is 2.17. The minimum atomic E-state index is -3.85. The summed E-state index contributed by atoms with van der Waals surface area (Å²) in [4.78, 5) is 9.01. The third kappa shape index (κ3) is 3.65. The molecule has 0 N–H and O–H groups in total. The molecule has 0 radical (unpaired) electrons. The summed E-state index contributed by atoms with van der Waals surface area (Å²) in [7, 11) is 1.46. The Labute approximate surface area is 119 Å². The lowest BCUT2D eigenvalue weighted by Gasteiger charge is -2.07. The second kappa shape index (κ2) is 5.85. The Kier molecular flexibility index (Phi) is 4.38. The molecule has 0 aliphatic rings. The Morgan fingerprint density at radius 3 is 2.84 bits per heavy atom. The highest BCUT2D eigenvalue weighted by Crippen LogP contribution is 2.24. The van der Waals surface area contributed by atoms with Crippen LogP contribution in [0.25, 0.3) is 0 Å². The first-order valence-electron chi connectivity index (χ1n) is 5.40. The van der Waals surface area contributed by atoms with E-state index in [9.17, 15) is 8.42 Å². The van der Waals surface area contributed by atoms with Gasteiger partial charge in [0, 0.05) is 28.2 Å². The zero-order chi connectivity index (χ0) is 13.9. The van der Waals surface area contributed by atoms with Crippen LogP contribution in [0.1, 0.15) is 10.6 Å². The monoisotopic (exact) mass is 318 g/mol. The predicted molar refractivity (Wildman–Crippen MR) is 73.3 cm³/mol. The number of nitrogens with zero attached hydrogens (tertiary/aromatic N) is 2. The molecule has 0 bridgehead atoms. The first-order valence-corrected chi connectivity index (χ1v) is 8.59. The topological polar surface area (TPSA) is 69.2 Å². The average molecular weight is 319 g/mol. The SMILES string of the molecule is Cc1ncsc1CCOc1ncccc1S(=O)(=O)Cl. The van der Waals surface area contributed by atoms with E-state index < -0.39 is 9.05 Å². The van der Waals surface area contributed by atoms with Crippen molar-refractivity contribution in [2.75, 3.05) is 6.61 Å². The second-order valence-corrected chi connectivity index (χ2v) is 7.18. The third-order valence-electron chi connectivity index (χ3n) is 2.41. The summed E-state index contributed by atoms with van der Waals surface area (Å²) in [5, 5.41) is 0. The second-order valence-electron chi connectivity index (χ2n) is 3.70. The van der Waals surface area contributed by atoms with Crippen LogP contribution >= 0.6 is 22.0 Å². The lowest BCUT2D eigenvalue weighted by atomic mass is 10.3. The van der Waals surface area contributed by atoms with E-state index in [0.29, 0.717) is 13.0 Å². The van der Waals surface area contributed by atoms with Crippen LogP contribution in [0, 0.1) is 6.92 Å². The molecule has 0 unspecified atom stereocenters. The van der Waals surface area contributed by atoms with Gasteiger partial charge in [0.1, 0.15) is 4.90 Å². The lowest BCUT2D eigenvalue weighted by molar-refractivity contribution is 0.301. The van der Waals surface area contributed by atoms with E-state index in [1.54, 1.807) is 5.51 Å². The van der Waals surface area contributed by atoms with Crippen molar-refractivity contribution in [3.8, 4) is 5.88 Å². The maximum Gasteiger partial charge on any atom is 0.266 e. The molecule has 2 aromatic rings. The van der Waals surface area contributed by atoms with Crippen molar-refractivity contribution in [2.45, 2.75) is 18.2 Å². The highest BCUT2D eigenvalue weighted by molar-refractivity contribution is 8.13. The maximum absolute atomic E-state index is 11.3. The van der Waals surface area contributed by atoms with Gasteiger partial charge in [-0.05, 0) is 19.1 Å². The van der Waals surface area contributed by atoms with Gasteiger partial charge in [0.25, 0.3) is 9.05 Å². The van der Waals surface area contributed by atoms with Crippen molar-refractivity contribution in [2.24, 2.45) is 0 Å². The maximum atomic E-state index is 11.3. The van der Waals surface area contributed by atoms with Crippen LogP contribution in [0.3, 0.4) is 0 Å². The molecule has 0 fully saturated rings. The Morgan fingerprint density at radius 1 is 1.42 bits per heavy atom. The zero-order valence-corrected chi connectivity index (χ0v) is 12.4. The molecule has 2 aromatic heterocycles. The molecule has 19 heavy (non-hydrogen) atoms. The van der Waals surface area contributed by atoms with Crippen molar-refractivity contribution in [1.29, 1.82) is 0 Å². The van der Waals surface area contributed by atoms with Gasteiger partial charge in [-0.2, -0.15) is 0 Å². The van der Waals surface area contributed by atoms with Gasteiger partial charge < -0.3 is 4.74 Å². The minimum absolute atomic E-state index is 0.0275. The van der Waals surface area contributed by atoms with Gasteiger partial charge in [-0.15, -0.1) is 11.3 Å². The fourth-order valence-electron chi connectivity index (χ4n) is 1.48. The number of hydrogen-bond acceptors (Lipinski definition) is 6. The number of aryl methyl sites for hydroxylation is 1. The van der Waals surface area contributed by atoms with Gasteiger partial charge in [-0.25, -0.2) is 18.4 Å². The highest BCUT2D eigenvalue weighted by atomic mass is 35.7. The van der Waals surface area contributed by atoms with Crippen LogP contribution in [-0.4, -0.2) is 25.0 Å². The van der Waals surface area contributed by atoms with Crippen LogP contribution in [0.4, 0.5) is 0 Å². The van der Waals surface area contributed by atoms with E-state index in [2.05, 4.69) is 9.97 Å². The Bertz CT molecular complexity index is 670. The molecule has 102 valence electrons. The molecular formula is C11H11ClN2O3S2. The summed E-state index contributed by atoms with van der Waals surface area (Å²) in [6, 6.07) is 2.86. The zero-order valence-electron chi connectivity index (χ0n) is 10.0. The molecular weight excluding hydrogens is 308 g/mol. The fraction of sp³-hybridized carbons (Fsp3) is 0.273. The normalized spacial score (nSPS) is 11.5. The number of aromatic nitrogens is 2. The number of rotatable bonds is 5. The van der Waals surface area contributed by atoms with Gasteiger partial charge in [-0.3, -0.25) is 0 Å². The molecule has 0 aromatic carbocycles. The molecule has 2 heterocycles. The molecule has 0 saturated carbocycles. The van der Waals surface area contributed by atoms with E-state index in [1.165, 1.54) is 29.7 Å². The first-order chi connectivity index (χ1) is 8.98. The van der Waals surface area contributed by atoms with Crippen molar-refractivity contribution in [1.82, 2.24) is 9.97 Å². The number of thiazole rings is 1. The number of pyridine rings is 1. The van der Waals surface area contributed by atoms with Crippen LogP contribution in [0.5, 0.6) is 5.88 Å². The predicted octanol–water partition coefficient (Wildman–Crippen LogP) is 2.40. The van der Waals surface area contributed by atoms with Crippen LogP contribution < -0.4 is 4.74 Å². The average Bonchev–Trinajstić information content (AvgIpc) is 2.75. The van der Waals surface area contributed by atoms with E-state index in [1.807, 2.05) is 6.92 Å². The molecule has 0 atom stereocenters. The molecule has 8 heteroatoms. The number of halogens is 1. The Hall–Kier alpha value is -1.18. The Balaban J connectivity index is 2.06. The molecule has 2 rings (SSSR count). The number of ether oxygens (including phenoxy) is 1. The van der Waals surface area contributed by atoms with Gasteiger partial charge in [0.2, 0.25) is 5.88 Å². The molecule has 5 nitrogen and oxygen atoms in total. The van der Waals surface area contributed by atoms with E-state index in [4.69, 9.17) is 15.4 Å². The number of hydrogen-bond donors (Lipinski definition) is 0. The van der Waals surface area contributed by atoms with Crippen molar-refractivity contribution < 1.29 is 13.2 Å². The van der Waals surface area contributed by atoms with Crippen LogP contribution in [0.2, 0.25) is 0 Å². The summed E-state index contributed by atoms with van der Waals surface area (Å²) in [6.07, 6.45) is 2.10. The lowest BCUT2D eigenvalue weighted by Crippen LogP contribution is -2.06. The van der Waals surface area contributed by atoms with E-state index in [0.717, 1.165) is 10.6 Å². The third-order valence-corrected chi connectivity index (χ3v) is 4.74. The van der Waals surface area contributed by atoms with E-state index in [-0.39, 0.29) is 10.8 Å². The van der Waals surface area contributed by atoms with E-state index >= 15 is 0 Å². The van der Waals surface area contributed by atoms with Gasteiger partial charge in [-0.1, -0.05) is 0 Å². The summed E-state index contributed by atoms with van der Waals surface area (Å²) in [6.45, 7) is 2.24. The molecule has 0 aliphatic carbocycles. The largest absolute Gasteiger partial charge is 0.476 e. The van der Waals surface area contributed by atoms with Crippen molar-refractivity contribution >= 4 is 31.1 Å². The van der Waals surface area contributed by atoms with Crippen LogP contribution in [-0.2, 0) is 15.5 Å². The summed E-state index contributed by atoms with van der Waals surface area (Å²) >= 11 is 1.54. The molecule has 0 spiro atoms. The van der Waals surface area contributed by atoms with Gasteiger partial charge in [0.05, 0.1) is 17.8 Å². The summed E-state index contributed by atoms with van der Waals surface area (Å²) in [5.41, 5.74) is 2.72. The smallest absolute Gasteiger partial charge is 0.266 e. The quantitative estimate of drug-likeness (QED) is 0.792. The minimum Gasteiger partial charge on any atom is -0.476 e. The molecule has 0 aliphatic heterocycles.